The van der Waals surface area contributed by atoms with Gasteiger partial charge in [0.15, 0.2) is 0 Å². The van der Waals surface area contributed by atoms with Gasteiger partial charge in [0.2, 0.25) is 0 Å². The molecule has 1 unspecified atom stereocenters. The number of ether oxygens (including phenoxy) is 1. The van der Waals surface area contributed by atoms with Crippen LogP contribution in [-0.2, 0) is 4.74 Å². The molecule has 0 aromatic heterocycles. The van der Waals surface area contributed by atoms with Gasteiger partial charge in [0.25, 0.3) is 5.97 Å². The zero-order valence-corrected chi connectivity index (χ0v) is 4.82. The summed E-state index contributed by atoms with van der Waals surface area (Å²) in [4.78, 5) is 0. The summed E-state index contributed by atoms with van der Waals surface area (Å²) in [5, 5.41) is 26.1. The number of hydrogen-bond acceptors (Lipinski definition) is 4. The molecule has 1 fully saturated rings. The van der Waals surface area contributed by atoms with Crippen molar-refractivity contribution in [1.29, 1.82) is 0 Å². The van der Waals surface area contributed by atoms with Gasteiger partial charge in [-0.05, 0) is 6.42 Å². The Morgan fingerprint density at radius 2 is 2.33 bits per heavy atom. The highest BCUT2D eigenvalue weighted by atomic mass is 16.8. The molecule has 0 spiro atoms. The first-order valence-corrected chi connectivity index (χ1v) is 2.72. The second-order valence-electron chi connectivity index (χ2n) is 2.06. The Labute approximate surface area is 52.7 Å². The average Bonchev–Trinajstić information content (AvgIpc) is 2.08. The van der Waals surface area contributed by atoms with Crippen molar-refractivity contribution in [1.82, 2.24) is 0 Å². The molecule has 0 aromatic rings. The molecule has 4 heteroatoms. The van der Waals surface area contributed by atoms with Crippen LogP contribution in [0.5, 0.6) is 0 Å². The summed E-state index contributed by atoms with van der Waals surface area (Å²) in [6.07, 6.45) is 0.378. The Morgan fingerprint density at radius 3 is 2.56 bits per heavy atom. The van der Waals surface area contributed by atoms with E-state index in [9.17, 15) is 0 Å². The van der Waals surface area contributed by atoms with Gasteiger partial charge in [0.05, 0.1) is 19.1 Å². The molecule has 0 aliphatic carbocycles. The summed E-state index contributed by atoms with van der Waals surface area (Å²) in [7, 11) is 0. The highest BCUT2D eigenvalue weighted by Gasteiger charge is 2.40. The van der Waals surface area contributed by atoms with Crippen LogP contribution in [0.2, 0.25) is 0 Å². The molecule has 1 rings (SSSR count). The van der Waals surface area contributed by atoms with Crippen LogP contribution in [0.3, 0.4) is 0 Å². The first-order valence-electron chi connectivity index (χ1n) is 2.72. The first kappa shape index (κ1) is 6.95. The highest BCUT2D eigenvalue weighted by Crippen LogP contribution is 2.28. The average molecular weight is 133 g/mol. The van der Waals surface area contributed by atoms with Gasteiger partial charge in [-0.3, -0.25) is 0 Å². The molecule has 53 valence electrons. The van der Waals surface area contributed by atoms with E-state index in [-0.39, 0.29) is 6.61 Å². The molecular weight excluding hydrogens is 124 g/mol. The first-order chi connectivity index (χ1) is 4.17. The molecule has 1 radical (unpaired) electrons. The second kappa shape index (κ2) is 2.22. The molecule has 1 heterocycles. The molecule has 1 aliphatic heterocycles. The Hall–Kier alpha value is -0.160. The van der Waals surface area contributed by atoms with E-state index in [1.807, 2.05) is 0 Å². The van der Waals surface area contributed by atoms with E-state index < -0.39 is 11.9 Å². The van der Waals surface area contributed by atoms with Gasteiger partial charge in [0, 0.05) is 0 Å². The van der Waals surface area contributed by atoms with Crippen molar-refractivity contribution in [3.63, 3.8) is 0 Å². The molecule has 1 saturated heterocycles. The largest absolute Gasteiger partial charge is 0.396 e. The van der Waals surface area contributed by atoms with Crippen molar-refractivity contribution < 1.29 is 20.1 Å². The summed E-state index contributed by atoms with van der Waals surface area (Å²) in [5.74, 6) is -2.74. The van der Waals surface area contributed by atoms with Crippen molar-refractivity contribution in [2.24, 2.45) is 5.92 Å². The number of aliphatic hydroxyl groups excluding tert-OH is 1. The standard InChI is InChI=1S/C5H9O4/c6-3-4-1-2-9-5(4,7)8/h2,4,6-8H,1,3H2. The topological polar surface area (TPSA) is 69.9 Å². The maximum atomic E-state index is 8.80. The summed E-state index contributed by atoms with van der Waals surface area (Å²) < 4.78 is 4.37. The minimum Gasteiger partial charge on any atom is -0.396 e. The minimum atomic E-state index is -2.14. The van der Waals surface area contributed by atoms with E-state index in [1.165, 1.54) is 6.61 Å². The Morgan fingerprint density at radius 1 is 1.67 bits per heavy atom. The van der Waals surface area contributed by atoms with E-state index in [0.717, 1.165) is 0 Å². The van der Waals surface area contributed by atoms with Crippen LogP contribution in [0.4, 0.5) is 0 Å². The van der Waals surface area contributed by atoms with Gasteiger partial charge >= 0.3 is 0 Å². The van der Waals surface area contributed by atoms with Gasteiger partial charge in [0.1, 0.15) is 0 Å². The van der Waals surface area contributed by atoms with E-state index in [0.29, 0.717) is 6.42 Å². The maximum absolute atomic E-state index is 8.80. The third-order valence-corrected chi connectivity index (χ3v) is 1.39. The fourth-order valence-corrected chi connectivity index (χ4v) is 0.730. The third kappa shape index (κ3) is 1.21. The monoisotopic (exact) mass is 133 g/mol. The Bertz CT molecular complexity index is 101. The summed E-state index contributed by atoms with van der Waals surface area (Å²) in [5.41, 5.74) is 0. The van der Waals surface area contributed by atoms with Gasteiger partial charge in [-0.2, -0.15) is 0 Å². The highest BCUT2D eigenvalue weighted by molar-refractivity contribution is 4.78. The van der Waals surface area contributed by atoms with Gasteiger partial charge in [-0.15, -0.1) is 0 Å². The fourth-order valence-electron chi connectivity index (χ4n) is 0.730. The van der Waals surface area contributed by atoms with Crippen molar-refractivity contribution in [3.05, 3.63) is 6.61 Å². The quantitative estimate of drug-likeness (QED) is 0.393. The SMILES string of the molecule is OCC1C[CH]OC1(O)O. The van der Waals surface area contributed by atoms with Crippen LogP contribution in [0.15, 0.2) is 0 Å². The van der Waals surface area contributed by atoms with Crippen molar-refractivity contribution in [2.45, 2.75) is 12.4 Å². The molecule has 1 aliphatic rings. The van der Waals surface area contributed by atoms with E-state index in [1.54, 1.807) is 0 Å². The van der Waals surface area contributed by atoms with Crippen LogP contribution >= 0.6 is 0 Å². The van der Waals surface area contributed by atoms with E-state index in [2.05, 4.69) is 4.74 Å². The minimum absolute atomic E-state index is 0.274. The molecular formula is C5H9O4. The lowest BCUT2D eigenvalue weighted by Gasteiger charge is -2.19. The Kier molecular flexibility index (Phi) is 1.72. The van der Waals surface area contributed by atoms with E-state index in [4.69, 9.17) is 15.3 Å². The van der Waals surface area contributed by atoms with Crippen molar-refractivity contribution >= 4 is 0 Å². The number of aliphatic hydroxyl groups is 3. The molecule has 1 atom stereocenters. The smallest absolute Gasteiger partial charge is 0.283 e. The van der Waals surface area contributed by atoms with Crippen LogP contribution in [0.25, 0.3) is 0 Å². The van der Waals surface area contributed by atoms with Crippen LogP contribution in [0.1, 0.15) is 6.42 Å². The predicted molar refractivity (Wildman–Crippen MR) is 27.7 cm³/mol. The van der Waals surface area contributed by atoms with Crippen molar-refractivity contribution in [3.8, 4) is 0 Å². The fraction of sp³-hybridized carbons (Fsp3) is 0.800. The molecule has 9 heavy (non-hydrogen) atoms. The second-order valence-corrected chi connectivity index (χ2v) is 2.06. The van der Waals surface area contributed by atoms with E-state index >= 15 is 0 Å². The maximum Gasteiger partial charge on any atom is 0.283 e. The van der Waals surface area contributed by atoms with Crippen LogP contribution < -0.4 is 0 Å². The number of rotatable bonds is 1. The zero-order chi connectivity index (χ0) is 6.91. The number of hydrogen-bond donors (Lipinski definition) is 3. The third-order valence-electron chi connectivity index (χ3n) is 1.39. The normalized spacial score (nSPS) is 33.0. The summed E-state index contributed by atoms with van der Waals surface area (Å²) in [6.45, 7) is 1.00. The van der Waals surface area contributed by atoms with Crippen molar-refractivity contribution in [2.75, 3.05) is 6.61 Å². The Balaban J connectivity index is 2.52. The summed E-state index contributed by atoms with van der Waals surface area (Å²) in [6, 6.07) is 0. The molecule has 0 amide bonds. The lowest BCUT2D eigenvalue weighted by atomic mass is 10.1. The van der Waals surface area contributed by atoms with Gasteiger partial charge in [-0.25, -0.2) is 0 Å². The van der Waals surface area contributed by atoms with Gasteiger partial charge < -0.3 is 20.1 Å². The van der Waals surface area contributed by atoms with Gasteiger partial charge in [-0.1, -0.05) is 0 Å². The molecule has 4 nitrogen and oxygen atoms in total. The molecule has 3 N–H and O–H groups in total. The molecule has 0 bridgehead atoms. The molecule has 0 aromatic carbocycles. The summed E-state index contributed by atoms with van der Waals surface area (Å²) >= 11 is 0. The predicted octanol–water partition coefficient (Wildman–Crippen LogP) is -1.18. The molecule has 0 saturated carbocycles. The van der Waals surface area contributed by atoms with Crippen LogP contribution in [0, 0.1) is 12.5 Å². The lowest BCUT2D eigenvalue weighted by Crippen LogP contribution is -2.36. The lowest BCUT2D eigenvalue weighted by molar-refractivity contribution is -0.329. The zero-order valence-electron chi connectivity index (χ0n) is 4.82. The van der Waals surface area contributed by atoms with Crippen LogP contribution in [-0.4, -0.2) is 27.9 Å².